The van der Waals surface area contributed by atoms with E-state index in [2.05, 4.69) is 4.39 Å². The van der Waals surface area contributed by atoms with E-state index in [0.717, 1.165) is 0 Å². The summed E-state index contributed by atoms with van der Waals surface area (Å²) >= 11 is 0. The summed E-state index contributed by atoms with van der Waals surface area (Å²) in [6, 6.07) is 7.07. The second-order valence-corrected chi connectivity index (χ2v) is 3.34. The van der Waals surface area contributed by atoms with Crippen LogP contribution in [0.15, 0.2) is 35.2 Å². The Morgan fingerprint density at radius 2 is 1.67 bits per heavy atom. The molecule has 0 heterocycles. The van der Waals surface area contributed by atoms with Gasteiger partial charge in [0.1, 0.15) is 0 Å². The van der Waals surface area contributed by atoms with Gasteiger partial charge in [-0.05, 0) is 16.7 Å². The van der Waals surface area contributed by atoms with Gasteiger partial charge in [-0.1, -0.05) is 22.6 Å². The Kier molecular flexibility index (Phi) is 4.66. The molecule has 0 aliphatic rings. The normalized spacial score (nSPS) is 10.4. The molecular weight excluding hydrogens is 279 g/mol. The molecule has 0 aromatic heterocycles. The van der Waals surface area contributed by atoms with Crippen molar-refractivity contribution in [2.45, 2.75) is 4.90 Å². The van der Waals surface area contributed by atoms with Crippen LogP contribution in [-0.4, -0.2) is 8.42 Å². The molecule has 0 amide bonds. The van der Waals surface area contributed by atoms with E-state index < -0.39 is 10.1 Å². The van der Waals surface area contributed by atoms with Gasteiger partial charge in [-0.15, -0.1) is 0 Å². The zero-order chi connectivity index (χ0) is 8.32. The molecule has 0 fully saturated rings. The van der Waals surface area contributed by atoms with Gasteiger partial charge in [-0.2, -0.15) is 8.42 Å². The van der Waals surface area contributed by atoms with Gasteiger partial charge >= 0.3 is 32.5 Å². The second-order valence-electron chi connectivity index (χ2n) is 1.83. The van der Waals surface area contributed by atoms with Gasteiger partial charge in [0.2, 0.25) is 0 Å². The van der Waals surface area contributed by atoms with Crippen LogP contribution in [-0.2, 0) is 36.9 Å². The zero-order valence-electron chi connectivity index (χ0n) is 5.70. The van der Waals surface area contributed by atoms with E-state index in [1.807, 2.05) is 0 Å². The minimum atomic E-state index is -4.16. The van der Waals surface area contributed by atoms with Crippen molar-refractivity contribution in [2.75, 3.05) is 0 Å². The fourth-order valence-corrected chi connectivity index (χ4v) is 1.19. The summed E-state index contributed by atoms with van der Waals surface area (Å²) in [5.74, 6) is 0. The number of halogens is 1. The van der Waals surface area contributed by atoms with Crippen molar-refractivity contribution in [1.82, 2.24) is 0 Å². The van der Waals surface area contributed by atoms with Gasteiger partial charge in [-0.25, -0.2) is 0 Å². The quantitative estimate of drug-likeness (QED) is 0.768. The van der Waals surface area contributed by atoms with Gasteiger partial charge in [-0.3, -0.25) is 0 Å². The van der Waals surface area contributed by atoms with Gasteiger partial charge in [0.15, 0.2) is 0 Å². The van der Waals surface area contributed by atoms with E-state index in [-0.39, 0.29) is 27.3 Å². The minimum Gasteiger partial charge on any atom is -0.191 e. The van der Waals surface area contributed by atoms with E-state index in [0.29, 0.717) is 0 Å². The van der Waals surface area contributed by atoms with E-state index >= 15 is 0 Å². The van der Waals surface area contributed by atoms with Crippen molar-refractivity contribution in [1.29, 1.82) is 0 Å². The molecule has 1 aromatic rings. The number of rotatable bonds is 2. The molecule has 0 bridgehead atoms. The third kappa shape index (κ3) is 2.69. The van der Waals surface area contributed by atoms with Gasteiger partial charge in [0.25, 0.3) is 0 Å². The van der Waals surface area contributed by atoms with Crippen molar-refractivity contribution in [3.8, 4) is 0 Å². The average molecular weight is 284 g/mol. The molecule has 0 aliphatic carbocycles. The first-order valence-electron chi connectivity index (χ1n) is 2.77. The zero-order valence-corrected chi connectivity index (χ0v) is 8.00. The molecule has 0 saturated carbocycles. The van der Waals surface area contributed by atoms with E-state index in [1.165, 1.54) is 24.3 Å². The van der Waals surface area contributed by atoms with Crippen LogP contribution in [0.2, 0.25) is 0 Å². The number of hydrogen-bond donors (Lipinski definition) is 0. The molecule has 1 rings (SSSR count). The molecule has 0 unspecified atom stereocenters. The topological polar surface area (TPSA) is 43.4 Å². The molecule has 0 saturated heterocycles. The summed E-state index contributed by atoms with van der Waals surface area (Å²) in [6.07, 6.45) is 0. The Bertz CT molecular complexity index is 324. The molecule has 68 valence electrons. The predicted molar refractivity (Wildman–Crippen MR) is 35.8 cm³/mol. The van der Waals surface area contributed by atoms with Gasteiger partial charge in [0, 0.05) is 0 Å². The summed E-state index contributed by atoms with van der Waals surface area (Å²) in [5.41, 5.74) is 0. The van der Waals surface area contributed by atoms with Crippen LogP contribution in [0.5, 0.6) is 0 Å². The maximum Gasteiger partial charge on any atom is 3.00 e. The Hall–Kier alpha value is -0.200. The van der Waals surface area contributed by atoms with Crippen LogP contribution in [0, 0.1) is 0 Å². The number of benzene rings is 1. The van der Waals surface area contributed by atoms with Crippen molar-refractivity contribution in [3.05, 3.63) is 30.3 Å². The third-order valence-corrected chi connectivity index (χ3v) is 2.13. The van der Waals surface area contributed by atoms with E-state index in [4.69, 9.17) is 0 Å². The summed E-state index contributed by atoms with van der Waals surface area (Å²) < 4.78 is 35.4. The fourth-order valence-electron chi connectivity index (χ4n) is 0.624. The van der Waals surface area contributed by atoms with Gasteiger partial charge < -0.3 is 0 Å². The molecule has 0 radical (unpaired) electrons. The minimum absolute atomic E-state index is 0. The SMILES string of the molecule is O=S(=O)(OF)c1ccccc1.[Ag+3]. The standard InChI is InChI=1S/C6H5FO3S.Ag/c7-10-11(8,9)6-4-2-1-3-5-6;/h1-5H;/q;+3. The van der Waals surface area contributed by atoms with Crippen LogP contribution >= 0.6 is 0 Å². The maximum absolute atomic E-state index is 11.4. The number of hydrogen-bond acceptors (Lipinski definition) is 3. The molecule has 0 aliphatic heterocycles. The first-order valence-corrected chi connectivity index (χ1v) is 4.18. The summed E-state index contributed by atoms with van der Waals surface area (Å²) in [7, 11) is -4.16. The summed E-state index contributed by atoms with van der Waals surface area (Å²) in [6.45, 7) is 0. The fraction of sp³-hybridized carbons (Fsp3) is 0. The van der Waals surface area contributed by atoms with Crippen LogP contribution in [0.4, 0.5) is 4.53 Å². The van der Waals surface area contributed by atoms with Crippen molar-refractivity contribution in [3.63, 3.8) is 0 Å². The molecule has 0 atom stereocenters. The van der Waals surface area contributed by atoms with E-state index in [9.17, 15) is 12.9 Å². The first kappa shape index (κ1) is 11.8. The molecule has 6 heteroatoms. The van der Waals surface area contributed by atoms with Crippen molar-refractivity contribution in [2.24, 2.45) is 0 Å². The molecular formula is C6H5AgFO3S+3. The van der Waals surface area contributed by atoms with Crippen molar-refractivity contribution >= 4 is 10.1 Å². The average Bonchev–Trinajstić information content (AvgIpc) is 2.06. The van der Waals surface area contributed by atoms with Crippen LogP contribution in [0.1, 0.15) is 0 Å². The Morgan fingerprint density at radius 1 is 1.17 bits per heavy atom. The maximum atomic E-state index is 11.4. The second kappa shape index (κ2) is 4.74. The van der Waals surface area contributed by atoms with Crippen molar-refractivity contribution < 1.29 is 39.7 Å². The predicted octanol–water partition coefficient (Wildman–Crippen LogP) is 1.27. The Balaban J connectivity index is 0.00000121. The first-order chi connectivity index (χ1) is 5.17. The molecule has 0 spiro atoms. The third-order valence-electron chi connectivity index (χ3n) is 1.11. The monoisotopic (exact) mass is 283 g/mol. The van der Waals surface area contributed by atoms with E-state index in [1.54, 1.807) is 6.07 Å². The van der Waals surface area contributed by atoms with Crippen LogP contribution in [0.25, 0.3) is 0 Å². The smallest absolute Gasteiger partial charge is 0.191 e. The Labute approximate surface area is 85.1 Å². The van der Waals surface area contributed by atoms with Gasteiger partial charge in [0.05, 0.1) is 4.90 Å². The summed E-state index contributed by atoms with van der Waals surface area (Å²) in [4.78, 5) is -0.192. The molecule has 0 N–H and O–H groups in total. The van der Waals surface area contributed by atoms with Crippen LogP contribution < -0.4 is 0 Å². The largest absolute Gasteiger partial charge is 3.00 e. The van der Waals surface area contributed by atoms with Crippen LogP contribution in [0.3, 0.4) is 0 Å². The Morgan fingerprint density at radius 3 is 2.08 bits per heavy atom. The molecule has 3 nitrogen and oxygen atoms in total. The molecule has 12 heavy (non-hydrogen) atoms. The summed E-state index contributed by atoms with van der Waals surface area (Å²) in [5, 5.41) is 0. The molecule has 1 aromatic carbocycles.